The van der Waals surface area contributed by atoms with Gasteiger partial charge in [0.2, 0.25) is 5.91 Å². The van der Waals surface area contributed by atoms with Crippen molar-refractivity contribution in [3.8, 4) is 0 Å². The van der Waals surface area contributed by atoms with E-state index in [2.05, 4.69) is 38.2 Å². The van der Waals surface area contributed by atoms with Crippen LogP contribution in [0.2, 0.25) is 0 Å². The van der Waals surface area contributed by atoms with E-state index in [0.717, 1.165) is 51.4 Å². The van der Waals surface area contributed by atoms with E-state index >= 15 is 0 Å². The molecular weight excluding hydrogens is 594 g/mol. The number of ketones is 2. The predicted molar refractivity (Wildman–Crippen MR) is 204 cm³/mol. The third-order valence-corrected chi connectivity index (χ3v) is 9.84. The van der Waals surface area contributed by atoms with Gasteiger partial charge in [-0.1, -0.05) is 141 Å². The lowest BCUT2D eigenvalue weighted by Gasteiger charge is -2.30. The zero-order valence-electron chi connectivity index (χ0n) is 31.8. The molecular formula is C43H77NO4. The van der Waals surface area contributed by atoms with Gasteiger partial charge in [0.05, 0.1) is 13.2 Å². The molecule has 1 heterocycles. The molecule has 1 saturated heterocycles. The highest BCUT2D eigenvalue weighted by Crippen LogP contribution is 2.19. The number of hydrogen-bond acceptors (Lipinski definition) is 4. The van der Waals surface area contributed by atoms with Crippen LogP contribution in [0.5, 0.6) is 0 Å². The van der Waals surface area contributed by atoms with Gasteiger partial charge in [-0.15, -0.1) is 0 Å². The van der Waals surface area contributed by atoms with Crippen molar-refractivity contribution in [2.24, 2.45) is 5.92 Å². The van der Waals surface area contributed by atoms with Gasteiger partial charge in [-0.05, 0) is 64.2 Å². The third kappa shape index (κ3) is 26.2. The highest BCUT2D eigenvalue weighted by molar-refractivity contribution is 6.04. The number of amides is 1. The molecule has 0 bridgehead atoms. The fourth-order valence-corrected chi connectivity index (χ4v) is 6.61. The molecule has 1 unspecified atom stereocenters. The van der Waals surface area contributed by atoms with Gasteiger partial charge in [0.15, 0.2) is 0 Å². The zero-order chi connectivity index (χ0) is 34.8. The standard InChI is InChI=1S/C43H77NO4/c1-3-5-7-9-11-13-15-17-19-21-23-25-27-29-31-33-40(45)39-41(43(47)44-35-37-48-38-36-44)42(46)34-32-30-28-26-24-22-20-18-16-14-12-10-8-6-4-2/h17-20,41H,3-16,21-39H2,1-2H3/b19-17-,20-18-. The molecule has 1 atom stereocenters. The highest BCUT2D eigenvalue weighted by atomic mass is 16.5. The van der Waals surface area contributed by atoms with Crippen molar-refractivity contribution in [2.45, 2.75) is 200 Å². The number of allylic oxidation sites excluding steroid dienone is 4. The molecule has 48 heavy (non-hydrogen) atoms. The second-order valence-corrected chi connectivity index (χ2v) is 14.4. The monoisotopic (exact) mass is 672 g/mol. The summed E-state index contributed by atoms with van der Waals surface area (Å²) in [6.45, 7) is 6.56. The summed E-state index contributed by atoms with van der Waals surface area (Å²) < 4.78 is 5.42. The minimum atomic E-state index is -0.810. The Bertz CT molecular complexity index is 829. The number of hydrogen-bond donors (Lipinski definition) is 0. The van der Waals surface area contributed by atoms with E-state index in [1.807, 2.05) is 0 Å². The van der Waals surface area contributed by atoms with E-state index < -0.39 is 5.92 Å². The average Bonchev–Trinajstić information content (AvgIpc) is 3.10. The summed E-state index contributed by atoms with van der Waals surface area (Å²) in [6, 6.07) is 0. The van der Waals surface area contributed by atoms with Gasteiger partial charge in [0.25, 0.3) is 0 Å². The molecule has 1 aliphatic rings. The maximum atomic E-state index is 13.3. The van der Waals surface area contributed by atoms with Crippen molar-refractivity contribution < 1.29 is 19.1 Å². The lowest BCUT2D eigenvalue weighted by Crippen LogP contribution is -2.46. The molecule has 1 amide bonds. The summed E-state index contributed by atoms with van der Waals surface area (Å²) in [5.74, 6) is -0.941. The second kappa shape index (κ2) is 33.7. The highest BCUT2D eigenvalue weighted by Gasteiger charge is 2.32. The largest absolute Gasteiger partial charge is 0.378 e. The summed E-state index contributed by atoms with van der Waals surface area (Å²) in [5, 5.41) is 0. The Morgan fingerprint density at radius 1 is 0.521 bits per heavy atom. The minimum absolute atomic E-state index is 0.0398. The van der Waals surface area contributed by atoms with Crippen LogP contribution in [0.15, 0.2) is 24.3 Å². The fourth-order valence-electron chi connectivity index (χ4n) is 6.61. The normalized spacial score (nSPS) is 14.3. The Balaban J connectivity index is 2.22. The van der Waals surface area contributed by atoms with Gasteiger partial charge in [0.1, 0.15) is 17.5 Å². The number of carbonyl (C=O) groups is 3. The van der Waals surface area contributed by atoms with Crippen molar-refractivity contribution >= 4 is 17.5 Å². The maximum Gasteiger partial charge on any atom is 0.233 e. The molecule has 0 aromatic carbocycles. The molecule has 1 aliphatic heterocycles. The van der Waals surface area contributed by atoms with Crippen LogP contribution in [-0.2, 0) is 19.1 Å². The summed E-state index contributed by atoms with van der Waals surface area (Å²) in [6.07, 6.45) is 42.0. The minimum Gasteiger partial charge on any atom is -0.378 e. The first-order valence-corrected chi connectivity index (χ1v) is 20.8. The van der Waals surface area contributed by atoms with E-state index in [-0.39, 0.29) is 23.9 Å². The first-order chi connectivity index (χ1) is 23.6. The fraction of sp³-hybridized carbons (Fsp3) is 0.837. The Labute approximate surface area is 297 Å². The van der Waals surface area contributed by atoms with Crippen LogP contribution in [0, 0.1) is 5.92 Å². The van der Waals surface area contributed by atoms with Gasteiger partial charge >= 0.3 is 0 Å². The average molecular weight is 672 g/mol. The van der Waals surface area contributed by atoms with Crippen LogP contribution in [0.25, 0.3) is 0 Å². The molecule has 0 aliphatic carbocycles. The zero-order valence-corrected chi connectivity index (χ0v) is 31.8. The van der Waals surface area contributed by atoms with Crippen molar-refractivity contribution in [1.82, 2.24) is 4.90 Å². The van der Waals surface area contributed by atoms with E-state index in [9.17, 15) is 14.4 Å². The van der Waals surface area contributed by atoms with Crippen molar-refractivity contribution in [2.75, 3.05) is 26.3 Å². The van der Waals surface area contributed by atoms with Gasteiger partial charge in [-0.2, -0.15) is 0 Å². The molecule has 1 rings (SSSR count). The van der Waals surface area contributed by atoms with Crippen molar-refractivity contribution in [1.29, 1.82) is 0 Å². The van der Waals surface area contributed by atoms with Gasteiger partial charge < -0.3 is 9.64 Å². The van der Waals surface area contributed by atoms with Crippen LogP contribution in [0.1, 0.15) is 200 Å². The van der Waals surface area contributed by atoms with Crippen LogP contribution in [0.3, 0.4) is 0 Å². The van der Waals surface area contributed by atoms with Gasteiger partial charge in [-0.25, -0.2) is 0 Å². The topological polar surface area (TPSA) is 63.7 Å². The predicted octanol–water partition coefficient (Wildman–Crippen LogP) is 12.1. The number of Topliss-reactive ketones (excluding diaryl/α,β-unsaturated/α-hetero) is 2. The van der Waals surface area contributed by atoms with E-state index in [0.29, 0.717) is 39.1 Å². The molecule has 0 radical (unpaired) electrons. The molecule has 278 valence electrons. The number of unbranched alkanes of at least 4 members (excludes halogenated alkanes) is 22. The van der Waals surface area contributed by atoms with E-state index in [1.54, 1.807) is 4.90 Å². The molecule has 0 N–H and O–H groups in total. The molecule has 0 spiro atoms. The Morgan fingerprint density at radius 3 is 1.33 bits per heavy atom. The van der Waals surface area contributed by atoms with E-state index in [1.165, 1.54) is 116 Å². The molecule has 0 saturated carbocycles. The molecule has 1 fully saturated rings. The Morgan fingerprint density at radius 2 is 0.896 bits per heavy atom. The number of morpholine rings is 1. The summed E-state index contributed by atoms with van der Waals surface area (Å²) in [7, 11) is 0. The SMILES string of the molecule is CCCCCCCC/C=C\CCCCCCCC(=O)CC(C(=O)CCCCCCC/C=C\CCCCCCCC)C(=O)N1CCOCC1. The third-order valence-electron chi connectivity index (χ3n) is 9.84. The van der Waals surface area contributed by atoms with Gasteiger partial charge in [0, 0.05) is 32.4 Å². The Hall–Kier alpha value is -1.75. The van der Waals surface area contributed by atoms with Crippen LogP contribution < -0.4 is 0 Å². The summed E-state index contributed by atoms with van der Waals surface area (Å²) in [4.78, 5) is 41.3. The van der Waals surface area contributed by atoms with Crippen LogP contribution in [0.4, 0.5) is 0 Å². The molecule has 5 nitrogen and oxygen atoms in total. The number of rotatable bonds is 34. The molecule has 0 aromatic heterocycles. The lowest BCUT2D eigenvalue weighted by atomic mass is 9.90. The van der Waals surface area contributed by atoms with E-state index in [4.69, 9.17) is 4.74 Å². The van der Waals surface area contributed by atoms with Crippen LogP contribution in [-0.4, -0.2) is 48.7 Å². The van der Waals surface area contributed by atoms with Crippen molar-refractivity contribution in [3.63, 3.8) is 0 Å². The number of nitrogens with zero attached hydrogens (tertiary/aromatic N) is 1. The Kier molecular flexibility index (Phi) is 31.1. The van der Waals surface area contributed by atoms with Crippen LogP contribution >= 0.6 is 0 Å². The lowest BCUT2D eigenvalue weighted by molar-refractivity contribution is -0.146. The number of carbonyl (C=O) groups excluding carboxylic acids is 3. The molecule has 5 heteroatoms. The smallest absolute Gasteiger partial charge is 0.233 e. The second-order valence-electron chi connectivity index (χ2n) is 14.4. The van der Waals surface area contributed by atoms with Crippen molar-refractivity contribution in [3.05, 3.63) is 24.3 Å². The summed E-state index contributed by atoms with van der Waals surface area (Å²) >= 11 is 0. The first-order valence-electron chi connectivity index (χ1n) is 20.8. The maximum absolute atomic E-state index is 13.3. The first kappa shape index (κ1) is 44.3. The summed E-state index contributed by atoms with van der Waals surface area (Å²) in [5.41, 5.74) is 0. The quantitative estimate of drug-likeness (QED) is 0.0388. The van der Waals surface area contributed by atoms with Gasteiger partial charge in [-0.3, -0.25) is 14.4 Å². The molecule has 0 aromatic rings. The number of ether oxygens (including phenoxy) is 1.